The van der Waals surface area contributed by atoms with Gasteiger partial charge in [0.1, 0.15) is 0 Å². The van der Waals surface area contributed by atoms with Crippen molar-refractivity contribution < 1.29 is 0 Å². The third kappa shape index (κ3) is 3.62. The number of nitrogens with one attached hydrogen (secondary N) is 1. The van der Waals surface area contributed by atoms with Crippen molar-refractivity contribution in [2.45, 2.75) is 23.6 Å². The molecule has 0 aliphatic carbocycles. The molecule has 94 valence electrons. The van der Waals surface area contributed by atoms with E-state index in [9.17, 15) is 0 Å². The van der Waals surface area contributed by atoms with E-state index in [0.29, 0.717) is 6.04 Å². The number of benzene rings is 2. The maximum Gasteiger partial charge on any atom is 0.0289 e. The Bertz CT molecular complexity index is 481. The Kier molecular flexibility index (Phi) is 4.85. The maximum absolute atomic E-state index is 3.27. The lowest BCUT2D eigenvalue weighted by molar-refractivity contribution is 0.651. The van der Waals surface area contributed by atoms with Crippen LogP contribution in [0.25, 0.3) is 0 Å². The second kappa shape index (κ2) is 6.62. The fourth-order valence-electron chi connectivity index (χ4n) is 1.78. The zero-order chi connectivity index (χ0) is 12.8. The molecule has 0 spiro atoms. The molecule has 1 atom stereocenters. The highest BCUT2D eigenvalue weighted by Crippen LogP contribution is 2.25. The first-order valence-electron chi connectivity index (χ1n) is 6.23. The van der Waals surface area contributed by atoms with Crippen LogP contribution in [0, 0.1) is 0 Å². The summed E-state index contributed by atoms with van der Waals surface area (Å²) >= 11 is 1.89. The Balaban J connectivity index is 2.01. The molecule has 1 N–H and O–H groups in total. The molecule has 0 aromatic heterocycles. The highest BCUT2D eigenvalue weighted by atomic mass is 32.2. The van der Waals surface area contributed by atoms with Gasteiger partial charge < -0.3 is 5.32 Å². The lowest BCUT2D eigenvalue weighted by Crippen LogP contribution is -2.11. The van der Waals surface area contributed by atoms with Crippen LogP contribution >= 0.6 is 11.8 Å². The summed E-state index contributed by atoms with van der Waals surface area (Å²) in [6, 6.07) is 19.8. The third-order valence-corrected chi connectivity index (χ3v) is 4.10. The summed E-state index contributed by atoms with van der Waals surface area (Å²) < 4.78 is 0. The van der Waals surface area contributed by atoms with Gasteiger partial charge in [-0.25, -0.2) is 0 Å². The molecule has 0 saturated heterocycles. The van der Waals surface area contributed by atoms with Crippen LogP contribution in [0.2, 0.25) is 0 Å². The van der Waals surface area contributed by atoms with Gasteiger partial charge in [0.05, 0.1) is 0 Å². The summed E-state index contributed by atoms with van der Waals surface area (Å²) in [5.74, 6) is 1.03. The minimum Gasteiger partial charge on any atom is -0.313 e. The molecule has 2 rings (SSSR count). The van der Waals surface area contributed by atoms with E-state index in [0.717, 1.165) is 5.75 Å². The fraction of sp³-hybridized carbons (Fsp3) is 0.250. The van der Waals surface area contributed by atoms with E-state index in [-0.39, 0.29) is 0 Å². The Labute approximate surface area is 114 Å². The average Bonchev–Trinajstić information content (AvgIpc) is 2.45. The standard InChI is InChI=1S/C16H19NS/c1-13(17-2)15-9-6-10-16(11-15)18-12-14-7-4-3-5-8-14/h3-11,13,17H,12H2,1-2H3. The molecule has 1 unspecified atom stereocenters. The van der Waals surface area contributed by atoms with Gasteiger partial charge in [-0.1, -0.05) is 42.5 Å². The van der Waals surface area contributed by atoms with Crippen LogP contribution in [0.4, 0.5) is 0 Å². The Morgan fingerprint density at radius 1 is 1.06 bits per heavy atom. The van der Waals surface area contributed by atoms with Gasteiger partial charge in [0.25, 0.3) is 0 Å². The smallest absolute Gasteiger partial charge is 0.0289 e. The Morgan fingerprint density at radius 2 is 1.83 bits per heavy atom. The molecule has 0 saturated carbocycles. The molecule has 18 heavy (non-hydrogen) atoms. The second-order valence-corrected chi connectivity index (χ2v) is 5.41. The molecule has 0 aliphatic rings. The Morgan fingerprint density at radius 3 is 2.56 bits per heavy atom. The molecular weight excluding hydrogens is 238 g/mol. The van der Waals surface area contributed by atoms with Gasteiger partial charge in [-0.15, -0.1) is 11.8 Å². The van der Waals surface area contributed by atoms with Crippen molar-refractivity contribution in [3.63, 3.8) is 0 Å². The van der Waals surface area contributed by atoms with Crippen LogP contribution in [-0.2, 0) is 5.75 Å². The quantitative estimate of drug-likeness (QED) is 0.803. The van der Waals surface area contributed by atoms with Gasteiger partial charge in [-0.2, -0.15) is 0 Å². The lowest BCUT2D eigenvalue weighted by atomic mass is 10.1. The molecule has 0 amide bonds. The summed E-state index contributed by atoms with van der Waals surface area (Å²) in [4.78, 5) is 1.33. The van der Waals surface area contributed by atoms with Crippen molar-refractivity contribution >= 4 is 11.8 Å². The van der Waals surface area contributed by atoms with Crippen molar-refractivity contribution in [2.24, 2.45) is 0 Å². The molecule has 0 fully saturated rings. The molecule has 2 aromatic carbocycles. The van der Waals surface area contributed by atoms with Crippen molar-refractivity contribution in [2.75, 3.05) is 7.05 Å². The van der Waals surface area contributed by atoms with E-state index in [1.807, 2.05) is 18.8 Å². The topological polar surface area (TPSA) is 12.0 Å². The van der Waals surface area contributed by atoms with Gasteiger partial charge >= 0.3 is 0 Å². The van der Waals surface area contributed by atoms with Gasteiger partial charge in [0.2, 0.25) is 0 Å². The molecule has 0 radical (unpaired) electrons. The maximum atomic E-state index is 3.27. The summed E-state index contributed by atoms with van der Waals surface area (Å²) in [5.41, 5.74) is 2.71. The normalized spacial score (nSPS) is 12.3. The fourth-order valence-corrected chi connectivity index (χ4v) is 2.70. The summed E-state index contributed by atoms with van der Waals surface area (Å²) in [6.45, 7) is 2.18. The molecule has 2 aromatic rings. The van der Waals surface area contributed by atoms with E-state index < -0.39 is 0 Å². The van der Waals surface area contributed by atoms with Crippen LogP contribution in [0.3, 0.4) is 0 Å². The lowest BCUT2D eigenvalue weighted by Gasteiger charge is -2.11. The third-order valence-electron chi connectivity index (χ3n) is 3.04. The zero-order valence-electron chi connectivity index (χ0n) is 10.9. The van der Waals surface area contributed by atoms with Crippen molar-refractivity contribution in [1.29, 1.82) is 0 Å². The SMILES string of the molecule is CNC(C)c1cccc(SCc2ccccc2)c1. The largest absolute Gasteiger partial charge is 0.313 e. The number of hydrogen-bond acceptors (Lipinski definition) is 2. The highest BCUT2D eigenvalue weighted by molar-refractivity contribution is 7.98. The molecule has 2 heteroatoms. The van der Waals surface area contributed by atoms with Gasteiger partial charge in [0.15, 0.2) is 0 Å². The minimum absolute atomic E-state index is 0.405. The summed E-state index contributed by atoms with van der Waals surface area (Å²) in [5, 5.41) is 3.27. The van der Waals surface area contributed by atoms with Crippen molar-refractivity contribution in [1.82, 2.24) is 5.32 Å². The summed E-state index contributed by atoms with van der Waals surface area (Å²) in [6.07, 6.45) is 0. The number of thioether (sulfide) groups is 1. The van der Waals surface area contributed by atoms with E-state index in [1.54, 1.807) is 0 Å². The molecule has 0 heterocycles. The predicted octanol–water partition coefficient (Wildman–Crippen LogP) is 4.26. The number of hydrogen-bond donors (Lipinski definition) is 1. The van der Waals surface area contributed by atoms with Crippen LogP contribution in [0.15, 0.2) is 59.5 Å². The zero-order valence-corrected chi connectivity index (χ0v) is 11.7. The molecule has 0 aliphatic heterocycles. The first-order valence-corrected chi connectivity index (χ1v) is 7.22. The summed E-state index contributed by atoms with van der Waals surface area (Å²) in [7, 11) is 1.99. The first-order chi connectivity index (χ1) is 8.79. The first kappa shape index (κ1) is 13.2. The van der Waals surface area contributed by atoms with Gasteiger partial charge in [-0.3, -0.25) is 0 Å². The average molecular weight is 257 g/mol. The molecule has 0 bridgehead atoms. The predicted molar refractivity (Wildman–Crippen MR) is 79.9 cm³/mol. The van der Waals surface area contributed by atoms with Crippen molar-refractivity contribution in [3.8, 4) is 0 Å². The van der Waals surface area contributed by atoms with E-state index in [2.05, 4.69) is 66.8 Å². The van der Waals surface area contributed by atoms with E-state index >= 15 is 0 Å². The highest BCUT2D eigenvalue weighted by Gasteiger charge is 2.03. The van der Waals surface area contributed by atoms with E-state index in [4.69, 9.17) is 0 Å². The minimum atomic E-state index is 0.405. The van der Waals surface area contributed by atoms with Crippen molar-refractivity contribution in [3.05, 3.63) is 65.7 Å². The second-order valence-electron chi connectivity index (χ2n) is 4.36. The van der Waals surface area contributed by atoms with Gasteiger partial charge in [-0.05, 0) is 37.2 Å². The monoisotopic (exact) mass is 257 g/mol. The van der Waals surface area contributed by atoms with E-state index in [1.165, 1.54) is 16.0 Å². The van der Waals surface area contributed by atoms with Gasteiger partial charge in [0, 0.05) is 16.7 Å². The Hall–Kier alpha value is -1.25. The van der Waals surface area contributed by atoms with Crippen LogP contribution in [0.1, 0.15) is 24.1 Å². The molecule has 1 nitrogen and oxygen atoms in total. The molecular formula is C16H19NS. The number of rotatable bonds is 5. The van der Waals surface area contributed by atoms with Crippen LogP contribution in [-0.4, -0.2) is 7.05 Å². The van der Waals surface area contributed by atoms with Crippen LogP contribution < -0.4 is 5.32 Å². The van der Waals surface area contributed by atoms with Crippen LogP contribution in [0.5, 0.6) is 0 Å².